The molecule has 1 rings (SSSR count). The van der Waals surface area contributed by atoms with Gasteiger partial charge in [0.15, 0.2) is 0 Å². The summed E-state index contributed by atoms with van der Waals surface area (Å²) in [6.07, 6.45) is 1.22. The number of amides is 1. The quantitative estimate of drug-likeness (QED) is 0.637. The molecule has 0 aromatic carbocycles. The van der Waals surface area contributed by atoms with E-state index in [0.29, 0.717) is 12.5 Å². The van der Waals surface area contributed by atoms with Crippen molar-refractivity contribution in [1.82, 2.24) is 15.5 Å². The van der Waals surface area contributed by atoms with E-state index in [-0.39, 0.29) is 5.91 Å². The van der Waals surface area contributed by atoms with E-state index in [2.05, 4.69) is 22.5 Å². The lowest BCUT2D eigenvalue weighted by atomic mass is 10.1. The lowest BCUT2D eigenvalue weighted by Crippen LogP contribution is -2.36. The van der Waals surface area contributed by atoms with Gasteiger partial charge >= 0.3 is 0 Å². The first-order valence-corrected chi connectivity index (χ1v) is 5.40. The smallest absolute Gasteiger partial charge is 0.233 e. The van der Waals surface area contributed by atoms with Gasteiger partial charge in [0, 0.05) is 13.1 Å². The molecule has 0 aromatic heterocycles. The topological polar surface area (TPSA) is 44.4 Å². The molecule has 0 saturated carbocycles. The lowest BCUT2D eigenvalue weighted by Gasteiger charge is -2.13. The SMILES string of the molecule is CCN1CCC(CNC(=O)CNC)C1. The second kappa shape index (κ2) is 5.98. The van der Waals surface area contributed by atoms with Gasteiger partial charge in [0.1, 0.15) is 0 Å². The minimum atomic E-state index is 0.0995. The van der Waals surface area contributed by atoms with Crippen molar-refractivity contribution < 1.29 is 4.79 Å². The Labute approximate surface area is 86.0 Å². The van der Waals surface area contributed by atoms with Gasteiger partial charge in [-0.2, -0.15) is 0 Å². The van der Waals surface area contributed by atoms with Crippen LogP contribution in [0.4, 0.5) is 0 Å². The van der Waals surface area contributed by atoms with E-state index >= 15 is 0 Å². The summed E-state index contributed by atoms with van der Waals surface area (Å²) < 4.78 is 0. The van der Waals surface area contributed by atoms with Crippen molar-refractivity contribution >= 4 is 5.91 Å². The standard InChI is InChI=1S/C10H21N3O/c1-3-13-5-4-9(8-13)6-12-10(14)7-11-2/h9,11H,3-8H2,1-2H3,(H,12,14). The minimum absolute atomic E-state index is 0.0995. The summed E-state index contributed by atoms with van der Waals surface area (Å²) >= 11 is 0. The third-order valence-corrected chi connectivity index (χ3v) is 2.74. The molecular formula is C10H21N3O. The molecule has 14 heavy (non-hydrogen) atoms. The van der Waals surface area contributed by atoms with E-state index in [9.17, 15) is 4.79 Å². The minimum Gasteiger partial charge on any atom is -0.355 e. The molecule has 1 atom stereocenters. The van der Waals surface area contributed by atoms with Crippen LogP contribution in [0.3, 0.4) is 0 Å². The molecule has 1 fully saturated rings. The monoisotopic (exact) mass is 199 g/mol. The molecule has 1 aliphatic rings. The molecule has 0 aromatic rings. The molecule has 4 heteroatoms. The maximum absolute atomic E-state index is 11.2. The zero-order chi connectivity index (χ0) is 10.4. The Morgan fingerprint density at radius 1 is 1.57 bits per heavy atom. The van der Waals surface area contributed by atoms with Gasteiger partial charge in [0.25, 0.3) is 0 Å². The van der Waals surface area contributed by atoms with Gasteiger partial charge in [0.05, 0.1) is 6.54 Å². The Hall–Kier alpha value is -0.610. The average Bonchev–Trinajstić information content (AvgIpc) is 2.63. The first-order valence-electron chi connectivity index (χ1n) is 5.40. The molecule has 1 amide bonds. The first-order chi connectivity index (χ1) is 6.76. The van der Waals surface area contributed by atoms with Crippen molar-refractivity contribution in [2.75, 3.05) is 39.8 Å². The predicted molar refractivity (Wildman–Crippen MR) is 57.2 cm³/mol. The van der Waals surface area contributed by atoms with Gasteiger partial charge in [-0.3, -0.25) is 4.79 Å². The fraction of sp³-hybridized carbons (Fsp3) is 0.900. The highest BCUT2D eigenvalue weighted by Crippen LogP contribution is 2.14. The van der Waals surface area contributed by atoms with Crippen molar-refractivity contribution in [1.29, 1.82) is 0 Å². The number of likely N-dealkylation sites (tertiary alicyclic amines) is 1. The van der Waals surface area contributed by atoms with Crippen LogP contribution in [-0.4, -0.2) is 50.6 Å². The van der Waals surface area contributed by atoms with Crippen molar-refractivity contribution in [3.8, 4) is 0 Å². The molecule has 0 radical (unpaired) electrons. The van der Waals surface area contributed by atoms with Crippen molar-refractivity contribution in [3.05, 3.63) is 0 Å². The van der Waals surface area contributed by atoms with Crippen LogP contribution in [0.1, 0.15) is 13.3 Å². The highest BCUT2D eigenvalue weighted by molar-refractivity contribution is 5.77. The van der Waals surface area contributed by atoms with E-state index in [4.69, 9.17) is 0 Å². The van der Waals surface area contributed by atoms with Gasteiger partial charge in [-0.1, -0.05) is 6.92 Å². The van der Waals surface area contributed by atoms with Crippen LogP contribution in [0.2, 0.25) is 0 Å². The van der Waals surface area contributed by atoms with Gasteiger partial charge in [0.2, 0.25) is 5.91 Å². The number of likely N-dealkylation sites (N-methyl/N-ethyl adjacent to an activating group) is 1. The third-order valence-electron chi connectivity index (χ3n) is 2.74. The molecule has 2 N–H and O–H groups in total. The fourth-order valence-electron chi connectivity index (χ4n) is 1.85. The predicted octanol–water partition coefficient (Wildman–Crippen LogP) is -0.336. The van der Waals surface area contributed by atoms with Crippen LogP contribution in [0, 0.1) is 5.92 Å². The summed E-state index contributed by atoms with van der Waals surface area (Å²) in [5, 5.41) is 5.78. The normalized spacial score (nSPS) is 22.6. The Morgan fingerprint density at radius 2 is 2.36 bits per heavy atom. The zero-order valence-electron chi connectivity index (χ0n) is 9.18. The van der Waals surface area contributed by atoms with E-state index in [0.717, 1.165) is 19.6 Å². The van der Waals surface area contributed by atoms with E-state index in [1.165, 1.54) is 13.0 Å². The summed E-state index contributed by atoms with van der Waals surface area (Å²) in [6, 6.07) is 0. The van der Waals surface area contributed by atoms with Crippen LogP contribution in [0.15, 0.2) is 0 Å². The summed E-state index contributed by atoms with van der Waals surface area (Å²) in [5.74, 6) is 0.748. The molecule has 82 valence electrons. The second-order valence-corrected chi connectivity index (χ2v) is 3.88. The average molecular weight is 199 g/mol. The molecule has 1 heterocycles. The zero-order valence-corrected chi connectivity index (χ0v) is 9.18. The highest BCUT2D eigenvalue weighted by atomic mass is 16.1. The van der Waals surface area contributed by atoms with Crippen molar-refractivity contribution in [3.63, 3.8) is 0 Å². The molecule has 0 bridgehead atoms. The number of nitrogens with one attached hydrogen (secondary N) is 2. The second-order valence-electron chi connectivity index (χ2n) is 3.88. The van der Waals surface area contributed by atoms with Crippen LogP contribution in [0.5, 0.6) is 0 Å². The Kier molecular flexibility index (Phi) is 4.90. The Morgan fingerprint density at radius 3 is 2.93 bits per heavy atom. The fourth-order valence-corrected chi connectivity index (χ4v) is 1.85. The van der Waals surface area contributed by atoms with Crippen LogP contribution >= 0.6 is 0 Å². The summed E-state index contributed by atoms with van der Waals surface area (Å²) in [4.78, 5) is 13.6. The van der Waals surface area contributed by atoms with E-state index < -0.39 is 0 Å². The number of carbonyl (C=O) groups is 1. The lowest BCUT2D eigenvalue weighted by molar-refractivity contribution is -0.120. The maximum atomic E-state index is 11.2. The van der Waals surface area contributed by atoms with Crippen molar-refractivity contribution in [2.24, 2.45) is 5.92 Å². The summed E-state index contributed by atoms with van der Waals surface area (Å²) in [5.41, 5.74) is 0. The van der Waals surface area contributed by atoms with Crippen molar-refractivity contribution in [2.45, 2.75) is 13.3 Å². The van der Waals surface area contributed by atoms with Crippen LogP contribution < -0.4 is 10.6 Å². The van der Waals surface area contributed by atoms with Crippen LogP contribution in [-0.2, 0) is 4.79 Å². The molecular weight excluding hydrogens is 178 g/mol. The number of hydrogen-bond acceptors (Lipinski definition) is 3. The number of nitrogens with zero attached hydrogens (tertiary/aromatic N) is 1. The van der Waals surface area contributed by atoms with Gasteiger partial charge < -0.3 is 15.5 Å². The molecule has 1 unspecified atom stereocenters. The third kappa shape index (κ3) is 3.64. The number of carbonyl (C=O) groups excluding carboxylic acids is 1. The van der Waals surface area contributed by atoms with E-state index in [1.54, 1.807) is 7.05 Å². The molecule has 1 aliphatic heterocycles. The number of hydrogen-bond donors (Lipinski definition) is 2. The first kappa shape index (κ1) is 11.5. The highest BCUT2D eigenvalue weighted by Gasteiger charge is 2.20. The van der Waals surface area contributed by atoms with Gasteiger partial charge in [-0.05, 0) is 32.5 Å². The number of rotatable bonds is 5. The Balaban J connectivity index is 2.11. The molecule has 1 saturated heterocycles. The van der Waals surface area contributed by atoms with Gasteiger partial charge in [-0.15, -0.1) is 0 Å². The summed E-state index contributed by atoms with van der Waals surface area (Å²) in [7, 11) is 1.79. The van der Waals surface area contributed by atoms with Gasteiger partial charge in [-0.25, -0.2) is 0 Å². The maximum Gasteiger partial charge on any atom is 0.233 e. The summed E-state index contributed by atoms with van der Waals surface area (Å²) in [6.45, 7) is 6.88. The molecule has 0 aliphatic carbocycles. The molecule has 4 nitrogen and oxygen atoms in total. The van der Waals surface area contributed by atoms with Crippen LogP contribution in [0.25, 0.3) is 0 Å². The Bertz CT molecular complexity index is 184. The molecule has 0 spiro atoms. The largest absolute Gasteiger partial charge is 0.355 e. The van der Waals surface area contributed by atoms with E-state index in [1.807, 2.05) is 0 Å².